The number of hydrogen-bond acceptors (Lipinski definition) is 2. The van der Waals surface area contributed by atoms with E-state index in [9.17, 15) is 14.0 Å². The summed E-state index contributed by atoms with van der Waals surface area (Å²) in [5.74, 6) is -0.741. The molecule has 0 aromatic heterocycles. The van der Waals surface area contributed by atoms with Crippen LogP contribution >= 0.6 is 11.6 Å². The van der Waals surface area contributed by atoms with Crippen molar-refractivity contribution in [1.82, 2.24) is 5.32 Å². The van der Waals surface area contributed by atoms with Gasteiger partial charge in [-0.25, -0.2) is 4.39 Å². The second kappa shape index (κ2) is 6.35. The highest BCUT2D eigenvalue weighted by Crippen LogP contribution is 2.14. The average molecular weight is 258 g/mol. The minimum Gasteiger partial charge on any atom is -0.352 e. The molecule has 0 fully saturated rings. The third-order valence-electron chi connectivity index (χ3n) is 2.19. The van der Waals surface area contributed by atoms with Crippen LogP contribution in [0.1, 0.15) is 25.3 Å². The Hall–Kier alpha value is -1.42. The van der Waals surface area contributed by atoms with Crippen LogP contribution in [0.2, 0.25) is 5.02 Å². The topological polar surface area (TPSA) is 46.2 Å². The molecule has 1 N–H and O–H groups in total. The Labute approximate surface area is 104 Å². The lowest BCUT2D eigenvalue weighted by molar-refractivity contribution is -0.124. The number of rotatable bonds is 5. The molecule has 1 rings (SSSR count). The van der Waals surface area contributed by atoms with Crippen molar-refractivity contribution in [2.45, 2.75) is 26.3 Å². The lowest BCUT2D eigenvalue weighted by atomic mass is 10.2. The molecule has 5 heteroatoms. The van der Waals surface area contributed by atoms with Gasteiger partial charge in [0.15, 0.2) is 0 Å². The van der Waals surface area contributed by atoms with Crippen LogP contribution in [-0.2, 0) is 16.1 Å². The van der Waals surface area contributed by atoms with Crippen molar-refractivity contribution in [3.63, 3.8) is 0 Å². The third kappa shape index (κ3) is 4.95. The summed E-state index contributed by atoms with van der Waals surface area (Å²) in [4.78, 5) is 22.0. The molecule has 0 saturated heterocycles. The number of amides is 1. The predicted octanol–water partition coefficient (Wildman–Crippen LogP) is 2.46. The SMILES string of the molecule is CC(=O)CCC(=O)NCc1cc(Cl)ccc1F. The molecule has 1 aromatic carbocycles. The van der Waals surface area contributed by atoms with E-state index in [1.165, 1.54) is 25.1 Å². The van der Waals surface area contributed by atoms with Gasteiger partial charge in [0, 0.05) is 30.0 Å². The number of hydrogen-bond donors (Lipinski definition) is 1. The Morgan fingerprint density at radius 1 is 1.35 bits per heavy atom. The summed E-state index contributed by atoms with van der Waals surface area (Å²) >= 11 is 5.71. The Morgan fingerprint density at radius 3 is 2.71 bits per heavy atom. The fourth-order valence-electron chi connectivity index (χ4n) is 1.25. The second-order valence-corrected chi connectivity index (χ2v) is 4.15. The van der Waals surface area contributed by atoms with Gasteiger partial charge in [0.05, 0.1) is 0 Å². The lowest BCUT2D eigenvalue weighted by Gasteiger charge is -2.06. The van der Waals surface area contributed by atoms with Crippen LogP contribution in [0, 0.1) is 5.82 Å². The predicted molar refractivity (Wildman–Crippen MR) is 63.2 cm³/mol. The van der Waals surface area contributed by atoms with Crippen LogP contribution in [0.5, 0.6) is 0 Å². The Morgan fingerprint density at radius 2 is 2.06 bits per heavy atom. The quantitative estimate of drug-likeness (QED) is 0.881. The highest BCUT2D eigenvalue weighted by molar-refractivity contribution is 6.30. The molecule has 0 bridgehead atoms. The van der Waals surface area contributed by atoms with Gasteiger partial charge >= 0.3 is 0 Å². The highest BCUT2D eigenvalue weighted by atomic mass is 35.5. The number of nitrogens with one attached hydrogen (secondary N) is 1. The van der Waals surface area contributed by atoms with Gasteiger partial charge in [-0.15, -0.1) is 0 Å². The van der Waals surface area contributed by atoms with E-state index in [0.717, 1.165) is 0 Å². The molecule has 0 saturated carbocycles. The van der Waals surface area contributed by atoms with E-state index in [0.29, 0.717) is 10.6 Å². The van der Waals surface area contributed by atoms with Crippen LogP contribution in [0.25, 0.3) is 0 Å². The zero-order chi connectivity index (χ0) is 12.8. The van der Waals surface area contributed by atoms with E-state index in [2.05, 4.69) is 5.32 Å². The first-order valence-electron chi connectivity index (χ1n) is 5.19. The van der Waals surface area contributed by atoms with Crippen LogP contribution in [0.3, 0.4) is 0 Å². The molecule has 3 nitrogen and oxygen atoms in total. The van der Waals surface area contributed by atoms with Crippen molar-refractivity contribution in [3.05, 3.63) is 34.6 Å². The van der Waals surface area contributed by atoms with Gasteiger partial charge < -0.3 is 10.1 Å². The number of carbonyl (C=O) groups is 2. The van der Waals surface area contributed by atoms with Crippen molar-refractivity contribution >= 4 is 23.3 Å². The summed E-state index contributed by atoms with van der Waals surface area (Å²) < 4.78 is 13.3. The number of ketones is 1. The van der Waals surface area contributed by atoms with Crippen LogP contribution < -0.4 is 5.32 Å². The van der Waals surface area contributed by atoms with Gasteiger partial charge in [-0.3, -0.25) is 4.79 Å². The molecule has 17 heavy (non-hydrogen) atoms. The molecule has 92 valence electrons. The van der Waals surface area contributed by atoms with Gasteiger partial charge in [-0.2, -0.15) is 0 Å². The summed E-state index contributed by atoms with van der Waals surface area (Å²) in [6, 6.07) is 4.15. The molecule has 1 amide bonds. The fraction of sp³-hybridized carbons (Fsp3) is 0.333. The normalized spacial score (nSPS) is 10.1. The summed E-state index contributed by atoms with van der Waals surface area (Å²) in [6.45, 7) is 1.49. The Bertz CT molecular complexity index is 435. The number of Topliss-reactive ketones (excluding diaryl/α,β-unsaturated/α-hetero) is 1. The first-order valence-corrected chi connectivity index (χ1v) is 5.57. The lowest BCUT2D eigenvalue weighted by Crippen LogP contribution is -2.23. The molecule has 0 aliphatic carbocycles. The summed E-state index contributed by atoms with van der Waals surface area (Å²) in [5, 5.41) is 2.95. The van der Waals surface area contributed by atoms with E-state index in [-0.39, 0.29) is 31.1 Å². The maximum Gasteiger partial charge on any atom is 0.220 e. The van der Waals surface area contributed by atoms with Gasteiger partial charge in [0.25, 0.3) is 0 Å². The van der Waals surface area contributed by atoms with Gasteiger partial charge in [-0.1, -0.05) is 11.6 Å². The number of benzene rings is 1. The number of halogens is 2. The van der Waals surface area contributed by atoms with Gasteiger partial charge in [0.2, 0.25) is 5.91 Å². The van der Waals surface area contributed by atoms with Crippen molar-refractivity contribution in [2.24, 2.45) is 0 Å². The monoisotopic (exact) mass is 257 g/mol. The summed E-state index contributed by atoms with van der Waals surface area (Å²) in [6.07, 6.45) is 0.321. The first-order chi connectivity index (χ1) is 7.99. The third-order valence-corrected chi connectivity index (χ3v) is 2.42. The van der Waals surface area contributed by atoms with E-state index >= 15 is 0 Å². The summed E-state index contributed by atoms with van der Waals surface area (Å²) in [7, 11) is 0. The van der Waals surface area contributed by atoms with Gasteiger partial charge in [0.1, 0.15) is 11.6 Å². The molecular weight excluding hydrogens is 245 g/mol. The zero-order valence-corrected chi connectivity index (χ0v) is 10.2. The van der Waals surface area contributed by atoms with Crippen LogP contribution in [-0.4, -0.2) is 11.7 Å². The standard InChI is InChI=1S/C12H13ClFNO2/c1-8(16)2-5-12(17)15-7-9-6-10(13)3-4-11(9)14/h3-4,6H,2,5,7H2,1H3,(H,15,17). The molecule has 1 aromatic rings. The average Bonchev–Trinajstić information content (AvgIpc) is 2.27. The molecule has 0 radical (unpaired) electrons. The molecule has 0 atom stereocenters. The molecule has 0 aliphatic rings. The molecule has 0 aliphatic heterocycles. The first kappa shape index (κ1) is 13.6. The maximum absolute atomic E-state index is 13.3. The highest BCUT2D eigenvalue weighted by Gasteiger charge is 2.06. The maximum atomic E-state index is 13.3. The van der Waals surface area contributed by atoms with Crippen molar-refractivity contribution in [2.75, 3.05) is 0 Å². The van der Waals surface area contributed by atoms with Crippen LogP contribution in [0.4, 0.5) is 4.39 Å². The largest absolute Gasteiger partial charge is 0.352 e. The van der Waals surface area contributed by atoms with Crippen LogP contribution in [0.15, 0.2) is 18.2 Å². The van der Waals surface area contributed by atoms with E-state index in [1.54, 1.807) is 0 Å². The zero-order valence-electron chi connectivity index (χ0n) is 9.43. The Balaban J connectivity index is 2.47. The fourth-order valence-corrected chi connectivity index (χ4v) is 1.45. The molecule has 0 heterocycles. The number of carbonyl (C=O) groups excluding carboxylic acids is 2. The minimum atomic E-state index is -0.415. The van der Waals surface area contributed by atoms with Crippen molar-refractivity contribution in [1.29, 1.82) is 0 Å². The second-order valence-electron chi connectivity index (χ2n) is 3.71. The van der Waals surface area contributed by atoms with Gasteiger partial charge in [-0.05, 0) is 25.1 Å². The smallest absolute Gasteiger partial charge is 0.220 e. The molecular formula is C12H13ClFNO2. The van der Waals surface area contributed by atoms with Crippen molar-refractivity contribution < 1.29 is 14.0 Å². The van der Waals surface area contributed by atoms with E-state index in [1.807, 2.05) is 0 Å². The molecule has 0 unspecified atom stereocenters. The minimum absolute atomic E-state index is 0.0471. The van der Waals surface area contributed by atoms with Crippen molar-refractivity contribution in [3.8, 4) is 0 Å². The van der Waals surface area contributed by atoms with E-state index < -0.39 is 5.82 Å². The molecule has 0 spiro atoms. The van der Waals surface area contributed by atoms with E-state index in [4.69, 9.17) is 11.6 Å². The summed E-state index contributed by atoms with van der Waals surface area (Å²) in [5.41, 5.74) is 0.327. The Kier molecular flexibility index (Phi) is 5.10.